The molecule has 20 heavy (non-hydrogen) atoms. The molecule has 1 rings (SSSR count). The summed E-state index contributed by atoms with van der Waals surface area (Å²) in [6, 6.07) is 0.350. The van der Waals surface area contributed by atoms with Gasteiger partial charge in [-0.2, -0.15) is 0 Å². The standard InChI is InChI=1S/C15H28N2O3/c1-4-12-7-9-13(10-8-12)17(3)15(20)16(2)11-5-6-14(18)19/h12-13H,4-11H2,1-3H3,(H,18,19). The summed E-state index contributed by atoms with van der Waals surface area (Å²) in [5.74, 6) is 0.0140. The molecule has 1 saturated carbocycles. The van der Waals surface area contributed by atoms with Gasteiger partial charge in [0.1, 0.15) is 0 Å². The van der Waals surface area contributed by atoms with Crippen LogP contribution >= 0.6 is 0 Å². The van der Waals surface area contributed by atoms with Crippen molar-refractivity contribution in [2.24, 2.45) is 5.92 Å². The molecule has 0 saturated heterocycles. The first-order valence-electron chi connectivity index (χ1n) is 7.65. The van der Waals surface area contributed by atoms with Gasteiger partial charge in [-0.1, -0.05) is 13.3 Å². The molecule has 2 amide bonds. The molecule has 0 aromatic rings. The van der Waals surface area contributed by atoms with Crippen LogP contribution in [0.2, 0.25) is 0 Å². The van der Waals surface area contributed by atoms with E-state index in [-0.39, 0.29) is 12.5 Å². The van der Waals surface area contributed by atoms with Crippen molar-refractivity contribution in [1.29, 1.82) is 0 Å². The van der Waals surface area contributed by atoms with E-state index in [4.69, 9.17) is 5.11 Å². The SMILES string of the molecule is CCC1CCC(N(C)C(=O)N(C)CCCC(=O)O)CC1. The maximum atomic E-state index is 12.3. The van der Waals surface area contributed by atoms with Gasteiger partial charge in [-0.3, -0.25) is 4.79 Å². The minimum absolute atomic E-state index is 0.00957. The second-order valence-electron chi connectivity index (χ2n) is 5.90. The normalized spacial score (nSPS) is 22.4. The summed E-state index contributed by atoms with van der Waals surface area (Å²) in [4.78, 5) is 26.2. The fourth-order valence-corrected chi connectivity index (χ4v) is 2.93. The molecule has 0 aromatic carbocycles. The van der Waals surface area contributed by atoms with Gasteiger partial charge >= 0.3 is 12.0 Å². The van der Waals surface area contributed by atoms with Crippen LogP contribution in [0, 0.1) is 5.92 Å². The molecule has 1 aliphatic rings. The molecule has 5 nitrogen and oxygen atoms in total. The van der Waals surface area contributed by atoms with Crippen LogP contribution in [0.5, 0.6) is 0 Å². The van der Waals surface area contributed by atoms with E-state index < -0.39 is 5.97 Å². The van der Waals surface area contributed by atoms with Gasteiger partial charge in [-0.25, -0.2) is 4.79 Å². The van der Waals surface area contributed by atoms with E-state index >= 15 is 0 Å². The van der Waals surface area contributed by atoms with E-state index in [1.165, 1.54) is 19.3 Å². The van der Waals surface area contributed by atoms with Crippen LogP contribution in [0.15, 0.2) is 0 Å². The van der Waals surface area contributed by atoms with Crippen molar-refractivity contribution < 1.29 is 14.7 Å². The van der Waals surface area contributed by atoms with Gasteiger partial charge in [0.05, 0.1) is 0 Å². The lowest BCUT2D eigenvalue weighted by molar-refractivity contribution is -0.137. The second-order valence-corrected chi connectivity index (χ2v) is 5.90. The van der Waals surface area contributed by atoms with Crippen molar-refractivity contribution >= 4 is 12.0 Å². The highest BCUT2D eigenvalue weighted by Crippen LogP contribution is 2.29. The molecule has 116 valence electrons. The third kappa shape index (κ3) is 5.02. The predicted octanol–water partition coefficient (Wildman–Crippen LogP) is 2.80. The third-order valence-electron chi connectivity index (χ3n) is 4.45. The second kappa shape index (κ2) is 8.12. The predicted molar refractivity (Wildman–Crippen MR) is 78.7 cm³/mol. The number of carbonyl (C=O) groups is 2. The minimum Gasteiger partial charge on any atom is -0.481 e. The Morgan fingerprint density at radius 1 is 1.15 bits per heavy atom. The van der Waals surface area contributed by atoms with Crippen LogP contribution in [0.3, 0.4) is 0 Å². The van der Waals surface area contributed by atoms with Gasteiger partial charge < -0.3 is 14.9 Å². The van der Waals surface area contributed by atoms with E-state index in [2.05, 4.69) is 6.92 Å². The summed E-state index contributed by atoms with van der Waals surface area (Å²) in [6.45, 7) is 2.73. The highest BCUT2D eigenvalue weighted by atomic mass is 16.4. The Bertz CT molecular complexity index is 325. The van der Waals surface area contributed by atoms with E-state index in [0.717, 1.165) is 18.8 Å². The topological polar surface area (TPSA) is 60.9 Å². The molecule has 0 atom stereocenters. The summed E-state index contributed by atoms with van der Waals surface area (Å²) in [6.07, 6.45) is 6.45. The van der Waals surface area contributed by atoms with Crippen LogP contribution in [-0.4, -0.2) is 53.6 Å². The molecule has 1 aliphatic carbocycles. The Morgan fingerprint density at radius 2 is 1.75 bits per heavy atom. The number of carboxylic acids is 1. The summed E-state index contributed by atoms with van der Waals surface area (Å²) in [5.41, 5.74) is 0. The van der Waals surface area contributed by atoms with Gasteiger partial charge in [0.15, 0.2) is 0 Å². The van der Waals surface area contributed by atoms with Gasteiger partial charge in [-0.15, -0.1) is 0 Å². The first-order valence-corrected chi connectivity index (χ1v) is 7.65. The number of carbonyl (C=O) groups excluding carboxylic acids is 1. The van der Waals surface area contributed by atoms with Gasteiger partial charge in [-0.05, 0) is 38.0 Å². The summed E-state index contributed by atoms with van der Waals surface area (Å²) < 4.78 is 0. The zero-order chi connectivity index (χ0) is 15.1. The number of hydrogen-bond acceptors (Lipinski definition) is 2. The first kappa shape index (κ1) is 16.8. The number of nitrogens with zero attached hydrogens (tertiary/aromatic N) is 2. The smallest absolute Gasteiger partial charge is 0.319 e. The number of aliphatic carboxylic acids is 1. The molecular weight excluding hydrogens is 256 g/mol. The molecule has 5 heteroatoms. The van der Waals surface area contributed by atoms with Gasteiger partial charge in [0.2, 0.25) is 0 Å². The molecule has 0 heterocycles. The largest absolute Gasteiger partial charge is 0.481 e. The van der Waals surface area contributed by atoms with E-state index in [1.54, 1.807) is 11.9 Å². The zero-order valence-corrected chi connectivity index (χ0v) is 13.0. The molecule has 1 fully saturated rings. The van der Waals surface area contributed by atoms with Crippen LogP contribution in [-0.2, 0) is 4.79 Å². The van der Waals surface area contributed by atoms with Crippen molar-refractivity contribution in [3.05, 3.63) is 0 Å². The lowest BCUT2D eigenvalue weighted by Gasteiger charge is -2.36. The lowest BCUT2D eigenvalue weighted by atomic mass is 9.84. The molecular formula is C15H28N2O3. The molecule has 0 radical (unpaired) electrons. The lowest BCUT2D eigenvalue weighted by Crippen LogP contribution is -2.46. The number of rotatable bonds is 6. The Kier molecular flexibility index (Phi) is 6.82. The van der Waals surface area contributed by atoms with Crippen LogP contribution in [0.25, 0.3) is 0 Å². The quantitative estimate of drug-likeness (QED) is 0.816. The maximum absolute atomic E-state index is 12.3. The average molecular weight is 284 g/mol. The highest BCUT2D eigenvalue weighted by Gasteiger charge is 2.27. The van der Waals surface area contributed by atoms with Crippen molar-refractivity contribution in [3.8, 4) is 0 Å². The summed E-state index contributed by atoms with van der Waals surface area (Å²) in [7, 11) is 3.62. The molecule has 0 unspecified atom stereocenters. The fourth-order valence-electron chi connectivity index (χ4n) is 2.93. The maximum Gasteiger partial charge on any atom is 0.319 e. The molecule has 0 aromatic heterocycles. The van der Waals surface area contributed by atoms with Crippen LogP contribution in [0.4, 0.5) is 4.79 Å². The van der Waals surface area contributed by atoms with Crippen LogP contribution in [0.1, 0.15) is 51.9 Å². The first-order chi connectivity index (χ1) is 9.45. The Balaban J connectivity index is 2.36. The molecule has 0 aliphatic heterocycles. The summed E-state index contributed by atoms with van der Waals surface area (Å²) in [5, 5.41) is 8.61. The number of urea groups is 1. The van der Waals surface area contributed by atoms with Crippen molar-refractivity contribution in [2.45, 2.75) is 57.9 Å². The minimum atomic E-state index is -0.808. The zero-order valence-electron chi connectivity index (χ0n) is 13.0. The number of hydrogen-bond donors (Lipinski definition) is 1. The average Bonchev–Trinajstić information content (AvgIpc) is 2.45. The van der Waals surface area contributed by atoms with E-state index in [1.807, 2.05) is 11.9 Å². The molecule has 0 spiro atoms. The monoisotopic (exact) mass is 284 g/mol. The Morgan fingerprint density at radius 3 is 2.25 bits per heavy atom. The number of amides is 2. The van der Waals surface area contributed by atoms with E-state index in [0.29, 0.717) is 19.0 Å². The Labute approximate surface area is 121 Å². The van der Waals surface area contributed by atoms with Crippen molar-refractivity contribution in [2.75, 3.05) is 20.6 Å². The fraction of sp³-hybridized carbons (Fsp3) is 0.867. The van der Waals surface area contributed by atoms with Gasteiger partial charge in [0, 0.05) is 33.1 Å². The summed E-state index contributed by atoms with van der Waals surface area (Å²) >= 11 is 0. The van der Waals surface area contributed by atoms with Crippen LogP contribution < -0.4 is 0 Å². The van der Waals surface area contributed by atoms with Crippen molar-refractivity contribution in [3.63, 3.8) is 0 Å². The van der Waals surface area contributed by atoms with E-state index in [9.17, 15) is 9.59 Å². The molecule has 1 N–H and O–H groups in total. The molecule has 0 bridgehead atoms. The highest BCUT2D eigenvalue weighted by molar-refractivity contribution is 5.74. The van der Waals surface area contributed by atoms with Crippen molar-refractivity contribution in [1.82, 2.24) is 9.80 Å². The van der Waals surface area contributed by atoms with Gasteiger partial charge in [0.25, 0.3) is 0 Å². The third-order valence-corrected chi connectivity index (χ3v) is 4.45. The number of carboxylic acid groups (broad SMARTS) is 1. The Hall–Kier alpha value is -1.26.